The molecule has 120 valence electrons. The molecular weight excluding hydrogens is 322 g/mol. The summed E-state index contributed by atoms with van der Waals surface area (Å²) in [4.78, 5) is 15.8. The van der Waals surface area contributed by atoms with Crippen molar-refractivity contribution in [2.24, 2.45) is 0 Å². The van der Waals surface area contributed by atoms with E-state index in [1.807, 2.05) is 0 Å². The minimum absolute atomic E-state index is 0.0523. The van der Waals surface area contributed by atoms with Crippen LogP contribution in [0.25, 0.3) is 6.08 Å². The van der Waals surface area contributed by atoms with Gasteiger partial charge in [0.15, 0.2) is 0 Å². The second-order valence-electron chi connectivity index (χ2n) is 5.91. The highest BCUT2D eigenvalue weighted by atomic mass is 32.2. The van der Waals surface area contributed by atoms with Crippen LogP contribution in [0.15, 0.2) is 29.2 Å². The van der Waals surface area contributed by atoms with Crippen molar-refractivity contribution in [1.82, 2.24) is 5.32 Å². The number of thiophene rings is 1. The Balaban J connectivity index is 1.59. The van der Waals surface area contributed by atoms with Gasteiger partial charge in [-0.25, -0.2) is 0 Å². The molecule has 0 unspecified atom stereocenters. The second kappa shape index (κ2) is 6.93. The number of rotatable bonds is 4. The Bertz CT molecular complexity index is 756. The molecule has 1 amide bonds. The molecule has 2 heterocycles. The molecule has 3 rings (SSSR count). The first-order valence-corrected chi connectivity index (χ1v) is 9.62. The average molecular weight is 344 g/mol. The van der Waals surface area contributed by atoms with E-state index < -0.39 is 0 Å². The van der Waals surface area contributed by atoms with Gasteiger partial charge in [-0.15, -0.1) is 23.1 Å². The van der Waals surface area contributed by atoms with Crippen molar-refractivity contribution in [3.8, 4) is 0 Å². The van der Waals surface area contributed by atoms with Gasteiger partial charge in [0, 0.05) is 22.1 Å². The first kappa shape index (κ1) is 16.3. The Morgan fingerprint density at radius 1 is 1.17 bits per heavy atom. The maximum Gasteiger partial charge on any atom is 0.257 e. The molecule has 0 spiro atoms. The normalized spacial score (nSPS) is 13.4. The molecule has 0 radical (unpaired) electrons. The van der Waals surface area contributed by atoms with E-state index in [4.69, 9.17) is 0 Å². The van der Waals surface area contributed by atoms with Gasteiger partial charge < -0.3 is 5.32 Å². The van der Waals surface area contributed by atoms with Crippen molar-refractivity contribution >= 4 is 35.1 Å². The number of hydrogen-bond acceptors (Lipinski definition) is 3. The highest BCUT2D eigenvalue weighted by Crippen LogP contribution is 2.39. The third kappa shape index (κ3) is 3.70. The third-order valence-corrected chi connectivity index (χ3v) is 6.46. The summed E-state index contributed by atoms with van der Waals surface area (Å²) >= 11 is 3.44. The van der Waals surface area contributed by atoms with E-state index in [0.29, 0.717) is 6.54 Å². The molecular formula is C19H21NOS2. The van der Waals surface area contributed by atoms with Gasteiger partial charge in [0.25, 0.3) is 5.91 Å². The molecule has 0 fully saturated rings. The summed E-state index contributed by atoms with van der Waals surface area (Å²) in [6.45, 7) is 7.08. The van der Waals surface area contributed by atoms with E-state index in [9.17, 15) is 4.79 Å². The summed E-state index contributed by atoms with van der Waals surface area (Å²) < 4.78 is 0. The van der Waals surface area contributed by atoms with Crippen molar-refractivity contribution in [1.29, 1.82) is 0 Å². The average Bonchev–Trinajstić information content (AvgIpc) is 2.83. The lowest BCUT2D eigenvalue weighted by atomic mass is 10.1. The van der Waals surface area contributed by atoms with E-state index in [2.05, 4.69) is 56.4 Å². The van der Waals surface area contributed by atoms with Crippen molar-refractivity contribution in [3.63, 3.8) is 0 Å². The van der Waals surface area contributed by atoms with Crippen LogP contribution in [0.1, 0.15) is 32.0 Å². The van der Waals surface area contributed by atoms with Gasteiger partial charge in [0.2, 0.25) is 0 Å². The first-order chi connectivity index (χ1) is 11.0. The van der Waals surface area contributed by atoms with Crippen LogP contribution in [0.3, 0.4) is 0 Å². The van der Waals surface area contributed by atoms with Crippen molar-refractivity contribution in [3.05, 3.63) is 61.2 Å². The number of aryl methyl sites for hydroxylation is 2. The van der Waals surface area contributed by atoms with E-state index >= 15 is 0 Å². The Labute approximate surface area is 146 Å². The van der Waals surface area contributed by atoms with Crippen LogP contribution in [0.4, 0.5) is 0 Å². The Hall–Kier alpha value is -1.52. The smallest absolute Gasteiger partial charge is 0.257 e. The highest BCUT2D eigenvalue weighted by Gasteiger charge is 2.20. The molecule has 1 aliphatic heterocycles. The largest absolute Gasteiger partial charge is 0.351 e. The molecule has 23 heavy (non-hydrogen) atoms. The Morgan fingerprint density at radius 3 is 2.65 bits per heavy atom. The second-order valence-corrected chi connectivity index (χ2v) is 8.19. The summed E-state index contributed by atoms with van der Waals surface area (Å²) in [6.07, 6.45) is 2.92. The predicted octanol–water partition coefficient (Wildman–Crippen LogP) is 4.62. The quantitative estimate of drug-likeness (QED) is 0.877. The lowest BCUT2D eigenvalue weighted by molar-refractivity contribution is -0.116. The first-order valence-electron chi connectivity index (χ1n) is 7.81. The number of carbonyl (C=O) groups excluding carboxylic acids is 1. The molecule has 1 aromatic heterocycles. The van der Waals surface area contributed by atoms with Crippen molar-refractivity contribution in [2.75, 3.05) is 6.54 Å². The van der Waals surface area contributed by atoms with Gasteiger partial charge in [0.05, 0.1) is 4.91 Å². The zero-order chi connectivity index (χ0) is 16.4. The van der Waals surface area contributed by atoms with Crippen molar-refractivity contribution in [2.45, 2.75) is 32.9 Å². The molecule has 0 atom stereocenters. The van der Waals surface area contributed by atoms with Gasteiger partial charge in [-0.05, 0) is 50.0 Å². The Kier molecular flexibility index (Phi) is 4.93. The minimum Gasteiger partial charge on any atom is -0.351 e. The summed E-state index contributed by atoms with van der Waals surface area (Å²) in [5.74, 6) is 0.958. The maximum atomic E-state index is 12.3. The molecule has 0 saturated carbocycles. The highest BCUT2D eigenvalue weighted by molar-refractivity contribution is 8.03. The molecule has 1 aliphatic rings. The standard InChI is InChI=1S/C19H21NOS2/c1-12-4-6-15(7-5-12)8-9-20-19(21)18-10-17-16(11-22-18)13(2)14(3)23-17/h4-7,10H,8-9,11H2,1-3H3,(H,20,21). The van der Waals surface area contributed by atoms with Crippen LogP contribution in [-0.2, 0) is 17.0 Å². The van der Waals surface area contributed by atoms with Crippen LogP contribution < -0.4 is 5.32 Å². The number of thioether (sulfide) groups is 1. The van der Waals surface area contributed by atoms with E-state index in [1.165, 1.54) is 32.0 Å². The van der Waals surface area contributed by atoms with Crippen LogP contribution >= 0.6 is 23.1 Å². The van der Waals surface area contributed by atoms with Gasteiger partial charge >= 0.3 is 0 Å². The lowest BCUT2D eigenvalue weighted by Gasteiger charge is -2.14. The third-order valence-electron chi connectivity index (χ3n) is 4.22. The summed E-state index contributed by atoms with van der Waals surface area (Å²) in [5.41, 5.74) is 5.30. The maximum absolute atomic E-state index is 12.3. The number of fused-ring (bicyclic) bond motifs is 1. The molecule has 2 aromatic rings. The molecule has 0 aliphatic carbocycles. The lowest BCUT2D eigenvalue weighted by Crippen LogP contribution is -2.26. The number of nitrogens with one attached hydrogen (secondary N) is 1. The SMILES string of the molecule is Cc1ccc(CCNC(=O)C2=Cc3sc(C)c(C)c3CS2)cc1. The molecule has 1 N–H and O–H groups in total. The number of carbonyl (C=O) groups is 1. The number of benzene rings is 1. The molecule has 0 saturated heterocycles. The monoisotopic (exact) mass is 343 g/mol. The van der Waals surface area contributed by atoms with Gasteiger partial charge in [0.1, 0.15) is 0 Å². The van der Waals surface area contributed by atoms with Crippen LogP contribution in [-0.4, -0.2) is 12.5 Å². The van der Waals surface area contributed by atoms with Crippen LogP contribution in [0.5, 0.6) is 0 Å². The minimum atomic E-state index is 0.0523. The van der Waals surface area contributed by atoms with Gasteiger partial charge in [-0.1, -0.05) is 29.8 Å². The number of hydrogen-bond donors (Lipinski definition) is 1. The summed E-state index contributed by atoms with van der Waals surface area (Å²) in [6, 6.07) is 8.47. The van der Waals surface area contributed by atoms with E-state index in [1.54, 1.807) is 23.1 Å². The Morgan fingerprint density at radius 2 is 1.91 bits per heavy atom. The van der Waals surface area contributed by atoms with Crippen molar-refractivity contribution < 1.29 is 4.79 Å². The fraction of sp³-hybridized carbons (Fsp3) is 0.316. The molecule has 1 aromatic carbocycles. The molecule has 2 nitrogen and oxygen atoms in total. The zero-order valence-corrected chi connectivity index (χ0v) is 15.4. The van der Waals surface area contributed by atoms with Crippen LogP contribution in [0, 0.1) is 20.8 Å². The summed E-state index contributed by atoms with van der Waals surface area (Å²) in [5, 5.41) is 3.04. The van der Waals surface area contributed by atoms with Crippen LogP contribution in [0.2, 0.25) is 0 Å². The fourth-order valence-corrected chi connectivity index (χ4v) is 4.97. The topological polar surface area (TPSA) is 29.1 Å². The van der Waals surface area contributed by atoms with Gasteiger partial charge in [-0.3, -0.25) is 4.79 Å². The fourth-order valence-electron chi connectivity index (χ4n) is 2.60. The number of amides is 1. The zero-order valence-electron chi connectivity index (χ0n) is 13.7. The summed E-state index contributed by atoms with van der Waals surface area (Å²) in [7, 11) is 0. The van der Waals surface area contributed by atoms with E-state index in [-0.39, 0.29) is 5.91 Å². The molecule has 0 bridgehead atoms. The van der Waals surface area contributed by atoms with E-state index in [0.717, 1.165) is 17.1 Å². The predicted molar refractivity (Wildman–Crippen MR) is 101 cm³/mol. The molecule has 4 heteroatoms. The van der Waals surface area contributed by atoms with Gasteiger partial charge in [-0.2, -0.15) is 0 Å².